The molecule has 0 saturated carbocycles. The molecule has 0 unspecified atom stereocenters. The first kappa shape index (κ1) is 32.7. The lowest BCUT2D eigenvalue weighted by Crippen LogP contribution is -2.47. The molecule has 0 fully saturated rings. The molecule has 3 aromatic rings. The molecule has 0 spiro atoms. The van der Waals surface area contributed by atoms with Crippen LogP contribution in [0, 0.1) is 5.41 Å². The van der Waals surface area contributed by atoms with Crippen LogP contribution in [0.15, 0.2) is 59.6 Å². The van der Waals surface area contributed by atoms with Crippen molar-refractivity contribution in [3.05, 3.63) is 70.7 Å². The highest BCUT2D eigenvalue weighted by molar-refractivity contribution is 7.08. The number of carbonyl (C=O) groups is 3. The van der Waals surface area contributed by atoms with E-state index in [1.54, 1.807) is 47.5 Å². The second-order valence-corrected chi connectivity index (χ2v) is 11.2. The van der Waals surface area contributed by atoms with Gasteiger partial charge in [-0.2, -0.15) is 11.3 Å². The number of hydrogen-bond acceptors (Lipinski definition) is 8. The van der Waals surface area contributed by atoms with E-state index in [1.165, 1.54) is 16.9 Å². The number of nitrogens with zero attached hydrogens (tertiary/aromatic N) is 4. The molecule has 1 aliphatic rings. The third kappa shape index (κ3) is 8.37. The number of amides is 2. The largest absolute Gasteiger partial charge is 0.493 e. The van der Waals surface area contributed by atoms with Crippen molar-refractivity contribution in [1.29, 1.82) is 0 Å². The van der Waals surface area contributed by atoms with Crippen molar-refractivity contribution >= 4 is 40.5 Å². The van der Waals surface area contributed by atoms with Gasteiger partial charge in [-0.3, -0.25) is 19.5 Å². The number of carboxylic acid groups (broad SMARTS) is 1. The minimum Gasteiger partial charge on any atom is -0.493 e. The first-order chi connectivity index (χ1) is 20.1. The van der Waals surface area contributed by atoms with Crippen LogP contribution < -0.4 is 19.9 Å². The lowest BCUT2D eigenvalue weighted by atomic mass is 9.90. The van der Waals surface area contributed by atoms with Crippen LogP contribution in [0.5, 0.6) is 5.75 Å². The van der Waals surface area contributed by atoms with Gasteiger partial charge < -0.3 is 25.0 Å². The number of anilines is 2. The van der Waals surface area contributed by atoms with E-state index in [0.29, 0.717) is 30.2 Å². The Morgan fingerprint density at radius 1 is 1.10 bits per heavy atom. The van der Waals surface area contributed by atoms with Crippen LogP contribution in [0.4, 0.5) is 11.4 Å². The van der Waals surface area contributed by atoms with Crippen LogP contribution in [0.1, 0.15) is 43.1 Å². The average Bonchev–Trinajstić information content (AvgIpc) is 3.53. The maximum atomic E-state index is 13.0. The van der Waals surface area contributed by atoms with E-state index < -0.39 is 11.4 Å². The van der Waals surface area contributed by atoms with E-state index in [0.717, 1.165) is 38.3 Å². The van der Waals surface area contributed by atoms with Crippen LogP contribution in [0.2, 0.25) is 0 Å². The summed E-state index contributed by atoms with van der Waals surface area (Å²) in [5.41, 5.74) is 1.92. The summed E-state index contributed by atoms with van der Waals surface area (Å²) in [6, 6.07) is 11.3. The summed E-state index contributed by atoms with van der Waals surface area (Å²) in [5, 5.41) is 14.8. The molecule has 1 aromatic carbocycles. The zero-order valence-electron chi connectivity index (χ0n) is 25.0. The van der Waals surface area contributed by atoms with E-state index in [2.05, 4.69) is 15.2 Å². The Hall–Kier alpha value is -3.80. The summed E-state index contributed by atoms with van der Waals surface area (Å²) in [5.74, 6) is -0.568. The first-order valence-electron chi connectivity index (χ1n) is 14.0. The standard InChI is InChI=1S/C26H37N5O3.C5H4O2S/c1-6-31-22-9-8-21(18-23(22)29(5)24(32)26(2,3)25(31)33)34-17-7-15-30(16-14-27-4)19-20-10-12-28-13-11-20;6-5(7)4-1-2-8-3-4/h8-13,18,27H,6-7,14-17,19H2,1-5H3;1-3H,(H,6,7). The molecule has 2 aromatic heterocycles. The van der Waals surface area contributed by atoms with Gasteiger partial charge in [0, 0.05) is 63.6 Å². The number of ether oxygens (including phenoxy) is 1. The van der Waals surface area contributed by atoms with Gasteiger partial charge in [0.2, 0.25) is 11.8 Å². The molecule has 226 valence electrons. The van der Waals surface area contributed by atoms with Crippen molar-refractivity contribution in [2.45, 2.75) is 33.7 Å². The lowest BCUT2D eigenvalue weighted by Gasteiger charge is -2.27. The van der Waals surface area contributed by atoms with Crippen molar-refractivity contribution in [1.82, 2.24) is 15.2 Å². The van der Waals surface area contributed by atoms with Gasteiger partial charge in [-0.15, -0.1) is 0 Å². The summed E-state index contributed by atoms with van der Waals surface area (Å²) in [6.45, 7) is 9.98. The van der Waals surface area contributed by atoms with Crippen molar-refractivity contribution in [2.75, 3.05) is 56.7 Å². The zero-order chi connectivity index (χ0) is 30.7. The number of fused-ring (bicyclic) bond motifs is 1. The Bertz CT molecular complexity index is 1320. The number of aromatic nitrogens is 1. The predicted octanol–water partition coefficient (Wildman–Crippen LogP) is 4.37. The zero-order valence-corrected chi connectivity index (χ0v) is 25.8. The van der Waals surface area contributed by atoms with Gasteiger partial charge in [0.1, 0.15) is 11.2 Å². The SMILES string of the molecule is CCN1C(=O)C(C)(C)C(=O)N(C)c2cc(OCCCN(CCNC)Cc3ccncc3)ccc21.O=C(O)c1ccsc1. The molecule has 0 saturated heterocycles. The fourth-order valence-electron chi connectivity index (χ4n) is 4.62. The minimum atomic E-state index is -1.11. The molecular weight excluding hydrogens is 554 g/mol. The second-order valence-electron chi connectivity index (χ2n) is 10.4. The molecule has 2 amide bonds. The average molecular weight is 596 g/mol. The van der Waals surface area contributed by atoms with Crippen molar-refractivity contribution in [2.24, 2.45) is 5.41 Å². The molecule has 2 N–H and O–H groups in total. The van der Waals surface area contributed by atoms with Crippen LogP contribution in [0.25, 0.3) is 0 Å². The Morgan fingerprint density at radius 3 is 2.43 bits per heavy atom. The van der Waals surface area contributed by atoms with Crippen LogP contribution >= 0.6 is 11.3 Å². The lowest BCUT2D eigenvalue weighted by molar-refractivity contribution is -0.137. The normalized spacial score (nSPS) is 14.2. The molecule has 42 heavy (non-hydrogen) atoms. The monoisotopic (exact) mass is 595 g/mol. The van der Waals surface area contributed by atoms with E-state index in [-0.39, 0.29) is 11.8 Å². The van der Waals surface area contributed by atoms with E-state index in [9.17, 15) is 14.4 Å². The molecule has 0 radical (unpaired) electrons. The van der Waals surface area contributed by atoms with Gasteiger partial charge in [0.25, 0.3) is 0 Å². The van der Waals surface area contributed by atoms with Crippen molar-refractivity contribution in [3.63, 3.8) is 0 Å². The molecule has 0 atom stereocenters. The number of thiophene rings is 1. The maximum Gasteiger partial charge on any atom is 0.336 e. The van der Waals surface area contributed by atoms with E-state index in [4.69, 9.17) is 9.84 Å². The summed E-state index contributed by atoms with van der Waals surface area (Å²) < 4.78 is 6.06. The first-order valence-corrected chi connectivity index (χ1v) is 14.9. The fraction of sp³-hybridized carbons (Fsp3) is 0.419. The minimum absolute atomic E-state index is 0.185. The molecule has 4 rings (SSSR count). The van der Waals surface area contributed by atoms with Crippen molar-refractivity contribution < 1.29 is 24.2 Å². The van der Waals surface area contributed by atoms with Crippen LogP contribution in [-0.4, -0.2) is 79.7 Å². The molecular formula is C31H41N5O5S. The maximum absolute atomic E-state index is 13.0. The molecule has 1 aliphatic heterocycles. The number of likely N-dealkylation sites (N-methyl/N-ethyl adjacent to an activating group) is 1. The van der Waals surface area contributed by atoms with Gasteiger partial charge in [-0.25, -0.2) is 4.79 Å². The molecule has 3 heterocycles. The summed E-state index contributed by atoms with van der Waals surface area (Å²) in [7, 11) is 3.68. The number of pyridine rings is 1. The number of nitrogens with one attached hydrogen (secondary N) is 1. The number of aromatic carboxylic acids is 1. The van der Waals surface area contributed by atoms with Crippen LogP contribution in [-0.2, 0) is 16.1 Å². The molecule has 0 bridgehead atoms. The highest BCUT2D eigenvalue weighted by atomic mass is 32.1. The highest BCUT2D eigenvalue weighted by Crippen LogP contribution is 2.40. The number of benzene rings is 1. The van der Waals surface area contributed by atoms with Gasteiger partial charge >= 0.3 is 5.97 Å². The van der Waals surface area contributed by atoms with E-state index in [1.807, 2.05) is 56.7 Å². The fourth-order valence-corrected chi connectivity index (χ4v) is 5.25. The molecule has 10 nitrogen and oxygen atoms in total. The van der Waals surface area contributed by atoms with Gasteiger partial charge in [0.05, 0.1) is 23.5 Å². The quantitative estimate of drug-likeness (QED) is 0.234. The third-order valence-electron chi connectivity index (χ3n) is 7.02. The topological polar surface area (TPSA) is 115 Å². The smallest absolute Gasteiger partial charge is 0.336 e. The predicted molar refractivity (Wildman–Crippen MR) is 166 cm³/mol. The summed E-state index contributed by atoms with van der Waals surface area (Å²) in [4.78, 5) is 45.8. The van der Waals surface area contributed by atoms with Gasteiger partial charge in [-0.1, -0.05) is 0 Å². The third-order valence-corrected chi connectivity index (χ3v) is 7.71. The number of carbonyl (C=O) groups excluding carboxylic acids is 2. The summed E-state index contributed by atoms with van der Waals surface area (Å²) in [6.07, 6.45) is 4.51. The number of carboxylic acids is 1. The summed E-state index contributed by atoms with van der Waals surface area (Å²) >= 11 is 1.39. The number of hydrogen-bond donors (Lipinski definition) is 2. The molecule has 11 heteroatoms. The molecule has 0 aliphatic carbocycles. The second kappa shape index (κ2) is 15.4. The Kier molecular flexibility index (Phi) is 12.0. The Balaban J connectivity index is 0.000000521. The van der Waals surface area contributed by atoms with Gasteiger partial charge in [-0.05, 0) is 75.5 Å². The van der Waals surface area contributed by atoms with Crippen LogP contribution in [0.3, 0.4) is 0 Å². The Labute approximate surface area is 251 Å². The van der Waals surface area contributed by atoms with E-state index >= 15 is 0 Å². The highest BCUT2D eigenvalue weighted by Gasteiger charge is 2.45. The van der Waals surface area contributed by atoms with Crippen molar-refractivity contribution in [3.8, 4) is 5.75 Å². The number of rotatable bonds is 12. The van der Waals surface area contributed by atoms with Gasteiger partial charge in [0.15, 0.2) is 0 Å². The Morgan fingerprint density at radius 2 is 1.83 bits per heavy atom.